The fourth-order valence-electron chi connectivity index (χ4n) is 3.96. The van der Waals surface area contributed by atoms with Gasteiger partial charge in [-0.05, 0) is 74.4 Å². The lowest BCUT2D eigenvalue weighted by Crippen LogP contribution is -2.53. The molecular weight excluding hydrogens is 476 g/mol. The predicted octanol–water partition coefficient (Wildman–Crippen LogP) is 5.98. The second kappa shape index (κ2) is 19.4. The molecule has 1 N–H and O–H groups in total. The second-order valence-corrected chi connectivity index (χ2v) is 11.9. The van der Waals surface area contributed by atoms with E-state index >= 15 is 0 Å². The first kappa shape index (κ1) is 38.5. The van der Waals surface area contributed by atoms with Crippen LogP contribution in [0.25, 0.3) is 0 Å². The number of likely N-dealkylation sites (N-methyl/N-ethyl adjacent to an activating group) is 2. The summed E-state index contributed by atoms with van der Waals surface area (Å²) in [7, 11) is 3.77. The smallest absolute Gasteiger partial charge is 0.160 e. The van der Waals surface area contributed by atoms with Gasteiger partial charge in [-0.15, -0.1) is 0 Å². The Labute approximate surface area is 234 Å². The molecule has 0 heterocycles. The summed E-state index contributed by atoms with van der Waals surface area (Å²) in [5, 5.41) is 10.5. The van der Waals surface area contributed by atoms with Gasteiger partial charge in [0.1, 0.15) is 6.04 Å². The van der Waals surface area contributed by atoms with Gasteiger partial charge in [0.25, 0.3) is 0 Å². The van der Waals surface area contributed by atoms with Gasteiger partial charge in [0.2, 0.25) is 0 Å². The lowest BCUT2D eigenvalue weighted by atomic mass is 9.87. The lowest BCUT2D eigenvalue weighted by Gasteiger charge is -2.36. The van der Waals surface area contributed by atoms with Crippen molar-refractivity contribution in [2.45, 2.75) is 126 Å². The third kappa shape index (κ3) is 12.9. The van der Waals surface area contributed by atoms with Crippen molar-refractivity contribution < 1.29 is 19.5 Å². The maximum Gasteiger partial charge on any atom is 0.160 e. The molecule has 0 aromatic carbocycles. The van der Waals surface area contributed by atoms with Crippen LogP contribution < -0.4 is 0 Å². The van der Waals surface area contributed by atoms with E-state index in [1.807, 2.05) is 131 Å². The molecule has 6 nitrogen and oxygen atoms in total. The Hall–Kier alpha value is -1.63. The van der Waals surface area contributed by atoms with E-state index in [4.69, 9.17) is 0 Å². The van der Waals surface area contributed by atoms with Gasteiger partial charge in [0.15, 0.2) is 17.3 Å². The number of ketones is 3. The Morgan fingerprint density at radius 1 is 0.658 bits per heavy atom. The standard InChI is InChI=1S/C16H31NO2.C16H29NO2/c2*1-8-9-10-13(6)16(19)14(15(18)11(2)3)17(7)12(4)5/h8-9,11-14,16,19H,10H2,1-7H3;8-9,11-14H,10H2,1-7H3/t13-,14-,16-;13-,14-/m11/s1. The summed E-state index contributed by atoms with van der Waals surface area (Å²) < 4.78 is 0. The van der Waals surface area contributed by atoms with Gasteiger partial charge in [-0.3, -0.25) is 24.2 Å². The molecule has 0 aliphatic heterocycles. The van der Waals surface area contributed by atoms with Gasteiger partial charge in [-0.2, -0.15) is 0 Å². The van der Waals surface area contributed by atoms with Gasteiger partial charge < -0.3 is 5.11 Å². The van der Waals surface area contributed by atoms with Gasteiger partial charge in [0, 0.05) is 29.8 Å². The normalized spacial score (nSPS) is 16.4. The number of carbonyl (C=O) groups excluding carboxylic acids is 3. The van der Waals surface area contributed by atoms with Crippen molar-refractivity contribution in [3.63, 3.8) is 0 Å². The largest absolute Gasteiger partial charge is 0.391 e. The number of aliphatic hydroxyl groups is 1. The number of rotatable bonds is 16. The van der Waals surface area contributed by atoms with E-state index in [9.17, 15) is 19.5 Å². The van der Waals surface area contributed by atoms with Crippen LogP contribution in [0, 0.1) is 23.7 Å². The molecule has 38 heavy (non-hydrogen) atoms. The molecule has 0 unspecified atom stereocenters. The van der Waals surface area contributed by atoms with E-state index in [0.29, 0.717) is 6.42 Å². The summed E-state index contributed by atoms with van der Waals surface area (Å²) in [6.45, 7) is 23.4. The monoisotopic (exact) mass is 536 g/mol. The maximum atomic E-state index is 12.5. The van der Waals surface area contributed by atoms with E-state index in [2.05, 4.69) is 0 Å². The van der Waals surface area contributed by atoms with Crippen molar-refractivity contribution in [1.82, 2.24) is 9.80 Å². The highest BCUT2D eigenvalue weighted by Gasteiger charge is 2.36. The number of allylic oxidation sites excluding steroid dienone is 4. The number of hydrogen-bond acceptors (Lipinski definition) is 6. The van der Waals surface area contributed by atoms with Crippen molar-refractivity contribution in [1.29, 1.82) is 0 Å². The van der Waals surface area contributed by atoms with Crippen LogP contribution in [0.15, 0.2) is 24.3 Å². The highest BCUT2D eigenvalue weighted by atomic mass is 16.3. The quantitative estimate of drug-likeness (QED) is 0.193. The fourth-order valence-corrected chi connectivity index (χ4v) is 3.96. The van der Waals surface area contributed by atoms with E-state index in [0.717, 1.165) is 6.42 Å². The molecule has 0 saturated carbocycles. The fraction of sp³-hybridized carbons (Fsp3) is 0.781. The molecule has 0 saturated heterocycles. The average molecular weight is 537 g/mol. The topological polar surface area (TPSA) is 77.9 Å². The van der Waals surface area contributed by atoms with Crippen LogP contribution in [0.4, 0.5) is 0 Å². The molecule has 0 aliphatic carbocycles. The highest BCUT2D eigenvalue weighted by molar-refractivity contribution is 6.07. The number of carbonyl (C=O) groups is 3. The highest BCUT2D eigenvalue weighted by Crippen LogP contribution is 2.21. The van der Waals surface area contributed by atoms with Crippen molar-refractivity contribution in [2.75, 3.05) is 14.1 Å². The van der Waals surface area contributed by atoms with Crippen LogP contribution >= 0.6 is 0 Å². The summed E-state index contributed by atoms with van der Waals surface area (Å²) in [6.07, 6.45) is 8.81. The molecule has 6 heteroatoms. The third-order valence-electron chi connectivity index (χ3n) is 7.30. The van der Waals surface area contributed by atoms with Gasteiger partial charge >= 0.3 is 0 Å². The van der Waals surface area contributed by atoms with Gasteiger partial charge in [0.05, 0.1) is 12.1 Å². The van der Waals surface area contributed by atoms with Crippen molar-refractivity contribution in [3.8, 4) is 0 Å². The summed E-state index contributed by atoms with van der Waals surface area (Å²) in [4.78, 5) is 41.1. The molecule has 0 aromatic rings. The maximum absolute atomic E-state index is 12.5. The summed E-state index contributed by atoms with van der Waals surface area (Å²) >= 11 is 0. The summed E-state index contributed by atoms with van der Waals surface area (Å²) in [5.41, 5.74) is 0. The van der Waals surface area contributed by atoms with E-state index in [1.54, 1.807) is 0 Å². The number of aliphatic hydroxyl groups excluding tert-OH is 1. The first-order valence-electron chi connectivity index (χ1n) is 14.4. The van der Waals surface area contributed by atoms with Crippen LogP contribution in [0.1, 0.15) is 95.9 Å². The van der Waals surface area contributed by atoms with Crippen molar-refractivity contribution in [2.24, 2.45) is 23.7 Å². The molecule has 0 fully saturated rings. The zero-order chi connectivity index (χ0) is 30.3. The molecule has 0 bridgehead atoms. The summed E-state index contributed by atoms with van der Waals surface area (Å²) in [5.74, 6) is -0.0495. The third-order valence-corrected chi connectivity index (χ3v) is 7.30. The second-order valence-electron chi connectivity index (χ2n) is 11.9. The minimum absolute atomic E-state index is 0.0218. The number of hydrogen-bond donors (Lipinski definition) is 1. The number of Topliss-reactive ketones (excluding diaryl/α,β-unsaturated/α-hetero) is 3. The Balaban J connectivity index is 0. The van der Waals surface area contributed by atoms with Gasteiger partial charge in [-0.25, -0.2) is 0 Å². The zero-order valence-corrected chi connectivity index (χ0v) is 27.0. The number of nitrogens with zero attached hydrogens (tertiary/aromatic N) is 2. The van der Waals surface area contributed by atoms with Crippen molar-refractivity contribution >= 4 is 17.3 Å². The average Bonchev–Trinajstić information content (AvgIpc) is 2.85. The minimum atomic E-state index is -0.626. The Morgan fingerprint density at radius 2 is 1.08 bits per heavy atom. The van der Waals surface area contributed by atoms with Crippen LogP contribution in [0.2, 0.25) is 0 Å². The van der Waals surface area contributed by atoms with E-state index in [-0.39, 0.29) is 53.1 Å². The molecule has 0 spiro atoms. The molecule has 5 atom stereocenters. The molecule has 0 rings (SSSR count). The van der Waals surface area contributed by atoms with Crippen molar-refractivity contribution in [3.05, 3.63) is 24.3 Å². The van der Waals surface area contributed by atoms with Crippen LogP contribution in [-0.2, 0) is 14.4 Å². The molecular formula is C32H60N2O4. The Morgan fingerprint density at radius 3 is 1.45 bits per heavy atom. The summed E-state index contributed by atoms with van der Waals surface area (Å²) in [6, 6.07) is -0.623. The first-order chi connectivity index (χ1) is 17.5. The molecule has 0 aromatic heterocycles. The Kier molecular flexibility index (Phi) is 19.7. The van der Waals surface area contributed by atoms with Crippen LogP contribution in [-0.4, -0.2) is 76.6 Å². The van der Waals surface area contributed by atoms with Crippen LogP contribution in [0.5, 0.6) is 0 Å². The molecule has 0 amide bonds. The minimum Gasteiger partial charge on any atom is -0.391 e. The molecule has 0 aliphatic rings. The first-order valence-corrected chi connectivity index (χ1v) is 14.4. The lowest BCUT2D eigenvalue weighted by molar-refractivity contribution is -0.138. The van der Waals surface area contributed by atoms with E-state index < -0.39 is 18.2 Å². The predicted molar refractivity (Wildman–Crippen MR) is 161 cm³/mol. The SMILES string of the molecule is CC=CC[C@@H](C)C(=O)[C@@H](C(=O)C(C)C)N(C)C(C)C.CC=CC[C@@H](C)[C@@H](O)[C@@H](C(=O)C(C)C)N(C)C(C)C. The zero-order valence-electron chi connectivity index (χ0n) is 27.0. The van der Waals surface area contributed by atoms with Gasteiger partial charge in [-0.1, -0.05) is 65.8 Å². The Bertz CT molecular complexity index is 755. The molecule has 0 radical (unpaired) electrons. The molecule has 222 valence electrons. The van der Waals surface area contributed by atoms with Crippen LogP contribution in [0.3, 0.4) is 0 Å². The van der Waals surface area contributed by atoms with E-state index in [1.165, 1.54) is 0 Å².